The molecule has 0 radical (unpaired) electrons. The molecule has 1 spiro atoms. The van der Waals surface area contributed by atoms with E-state index >= 15 is 0 Å². The number of nitro benzene ring substituents is 1. The molecule has 2 saturated heterocycles. The van der Waals surface area contributed by atoms with Crippen LogP contribution in [0.25, 0.3) is 0 Å². The number of halogens is 2. The Bertz CT molecular complexity index is 533. The molecule has 1 aromatic carbocycles. The molecule has 1 N–H and O–H groups in total. The number of nitro groups is 1. The number of nitrogens with one attached hydrogen (secondary N) is 1. The lowest BCUT2D eigenvalue weighted by Gasteiger charge is -2.22. The molecule has 0 bridgehead atoms. The molecule has 0 amide bonds. The highest BCUT2D eigenvalue weighted by Gasteiger charge is 2.40. The van der Waals surface area contributed by atoms with Gasteiger partial charge in [0.05, 0.1) is 4.92 Å². The van der Waals surface area contributed by atoms with E-state index in [0.29, 0.717) is 22.5 Å². The third-order valence-corrected chi connectivity index (χ3v) is 4.72. The molecule has 3 rings (SSSR count). The molecule has 2 aliphatic heterocycles. The Kier molecular flexibility index (Phi) is 5.09. The van der Waals surface area contributed by atoms with E-state index in [1.165, 1.54) is 18.9 Å². The molecule has 5 nitrogen and oxygen atoms in total. The Balaban J connectivity index is 0.00000161. The van der Waals surface area contributed by atoms with E-state index in [1.54, 1.807) is 12.1 Å². The monoisotopic (exact) mass is 331 g/mol. The molecule has 21 heavy (non-hydrogen) atoms. The zero-order chi connectivity index (χ0) is 14.2. The van der Waals surface area contributed by atoms with Crippen LogP contribution in [0.1, 0.15) is 18.4 Å². The highest BCUT2D eigenvalue weighted by Crippen LogP contribution is 2.37. The Labute approximate surface area is 135 Å². The van der Waals surface area contributed by atoms with E-state index in [-0.39, 0.29) is 23.0 Å². The summed E-state index contributed by atoms with van der Waals surface area (Å²) in [5.74, 6) is 0. The largest absolute Gasteiger partial charge is 0.316 e. The first kappa shape index (κ1) is 16.5. The highest BCUT2D eigenvalue weighted by molar-refractivity contribution is 6.30. The van der Waals surface area contributed by atoms with E-state index in [1.807, 2.05) is 0 Å². The van der Waals surface area contributed by atoms with Crippen molar-refractivity contribution in [3.63, 3.8) is 0 Å². The molecular weight excluding hydrogens is 313 g/mol. The van der Waals surface area contributed by atoms with Crippen molar-refractivity contribution in [2.45, 2.75) is 19.4 Å². The van der Waals surface area contributed by atoms with Gasteiger partial charge in [0.25, 0.3) is 5.69 Å². The van der Waals surface area contributed by atoms with Crippen LogP contribution in [0.4, 0.5) is 5.69 Å². The number of rotatable bonds is 3. The van der Waals surface area contributed by atoms with Crippen LogP contribution in [0.3, 0.4) is 0 Å². The molecule has 0 aromatic heterocycles. The van der Waals surface area contributed by atoms with Crippen molar-refractivity contribution in [2.75, 3.05) is 26.2 Å². The summed E-state index contributed by atoms with van der Waals surface area (Å²) in [5.41, 5.74) is 1.26. The zero-order valence-corrected chi connectivity index (χ0v) is 13.3. The molecule has 2 aliphatic rings. The number of hydrogen-bond donors (Lipinski definition) is 1. The summed E-state index contributed by atoms with van der Waals surface area (Å²) in [5, 5.41) is 15.1. The van der Waals surface area contributed by atoms with Crippen molar-refractivity contribution in [2.24, 2.45) is 5.41 Å². The number of nitrogens with zero attached hydrogens (tertiary/aromatic N) is 2. The van der Waals surface area contributed by atoms with Crippen LogP contribution in [-0.4, -0.2) is 36.0 Å². The van der Waals surface area contributed by atoms with E-state index in [0.717, 1.165) is 26.2 Å². The Hall–Kier alpha value is -0.880. The minimum atomic E-state index is -0.325. The standard InChI is InChI=1S/C14H18ClN3O2.ClH/c15-12-1-2-13(18(19)20)11(7-12)8-17-6-4-14(10-17)3-5-16-9-14;/h1-2,7,16H,3-6,8-10H2;1H. The molecule has 0 saturated carbocycles. The maximum Gasteiger partial charge on any atom is 0.273 e. The maximum atomic E-state index is 11.1. The molecule has 116 valence electrons. The Morgan fingerprint density at radius 3 is 2.90 bits per heavy atom. The summed E-state index contributed by atoms with van der Waals surface area (Å²) >= 11 is 5.98. The van der Waals surface area contributed by atoms with Gasteiger partial charge in [0.15, 0.2) is 0 Å². The van der Waals surface area contributed by atoms with Crippen LogP contribution in [0.5, 0.6) is 0 Å². The second-order valence-corrected chi connectivity index (χ2v) is 6.35. The van der Waals surface area contributed by atoms with Crippen LogP contribution in [-0.2, 0) is 6.54 Å². The smallest absolute Gasteiger partial charge is 0.273 e. The van der Waals surface area contributed by atoms with Crippen LogP contribution in [0.2, 0.25) is 5.02 Å². The van der Waals surface area contributed by atoms with Crippen molar-refractivity contribution in [1.29, 1.82) is 0 Å². The Morgan fingerprint density at radius 1 is 1.43 bits per heavy atom. The number of likely N-dealkylation sites (tertiary alicyclic amines) is 1. The third kappa shape index (κ3) is 3.48. The van der Waals surface area contributed by atoms with Gasteiger partial charge in [-0.2, -0.15) is 0 Å². The Morgan fingerprint density at radius 2 is 2.24 bits per heavy atom. The van der Waals surface area contributed by atoms with Crippen molar-refractivity contribution in [3.05, 3.63) is 38.9 Å². The van der Waals surface area contributed by atoms with Gasteiger partial charge in [-0.1, -0.05) is 11.6 Å². The van der Waals surface area contributed by atoms with E-state index in [2.05, 4.69) is 10.2 Å². The molecule has 7 heteroatoms. The minimum absolute atomic E-state index is 0. The number of benzene rings is 1. The average molecular weight is 332 g/mol. The van der Waals surface area contributed by atoms with E-state index < -0.39 is 0 Å². The first-order valence-electron chi connectivity index (χ1n) is 6.94. The van der Waals surface area contributed by atoms with Crippen molar-refractivity contribution in [1.82, 2.24) is 10.2 Å². The van der Waals surface area contributed by atoms with Crippen molar-refractivity contribution >= 4 is 29.7 Å². The minimum Gasteiger partial charge on any atom is -0.316 e. The van der Waals surface area contributed by atoms with Gasteiger partial charge in [-0.3, -0.25) is 15.0 Å². The predicted molar refractivity (Wildman–Crippen MR) is 85.2 cm³/mol. The van der Waals surface area contributed by atoms with Crippen LogP contribution in [0.15, 0.2) is 18.2 Å². The fourth-order valence-electron chi connectivity index (χ4n) is 3.41. The summed E-state index contributed by atoms with van der Waals surface area (Å²) < 4.78 is 0. The van der Waals surface area contributed by atoms with Crippen LogP contribution < -0.4 is 5.32 Å². The van der Waals surface area contributed by atoms with Gasteiger partial charge in [0.1, 0.15) is 0 Å². The zero-order valence-electron chi connectivity index (χ0n) is 11.7. The SMILES string of the molecule is Cl.O=[N+]([O-])c1ccc(Cl)cc1CN1CCC2(CCNC2)C1. The molecule has 0 aliphatic carbocycles. The van der Waals surface area contributed by atoms with E-state index in [4.69, 9.17) is 11.6 Å². The topological polar surface area (TPSA) is 58.4 Å². The fourth-order valence-corrected chi connectivity index (χ4v) is 3.60. The lowest BCUT2D eigenvalue weighted by atomic mass is 9.86. The third-order valence-electron chi connectivity index (χ3n) is 4.48. The molecule has 2 fully saturated rings. The fraction of sp³-hybridized carbons (Fsp3) is 0.571. The lowest BCUT2D eigenvalue weighted by Crippen LogP contribution is -2.29. The molecule has 1 aromatic rings. The van der Waals surface area contributed by atoms with Crippen molar-refractivity contribution < 1.29 is 4.92 Å². The maximum absolute atomic E-state index is 11.1. The van der Waals surface area contributed by atoms with Gasteiger partial charge in [-0.15, -0.1) is 12.4 Å². The summed E-state index contributed by atoms with van der Waals surface area (Å²) in [6.45, 7) is 4.79. The van der Waals surface area contributed by atoms with Gasteiger partial charge in [-0.25, -0.2) is 0 Å². The second-order valence-electron chi connectivity index (χ2n) is 5.92. The predicted octanol–water partition coefficient (Wildman–Crippen LogP) is 2.86. The molecule has 1 unspecified atom stereocenters. The number of hydrogen-bond acceptors (Lipinski definition) is 4. The second kappa shape index (κ2) is 6.48. The van der Waals surface area contributed by atoms with Gasteiger partial charge >= 0.3 is 0 Å². The summed E-state index contributed by atoms with van der Waals surface area (Å²) in [6.07, 6.45) is 2.38. The van der Waals surface area contributed by atoms with Gasteiger partial charge in [0.2, 0.25) is 0 Å². The summed E-state index contributed by atoms with van der Waals surface area (Å²) in [7, 11) is 0. The normalized spacial score (nSPS) is 25.2. The van der Waals surface area contributed by atoms with Crippen molar-refractivity contribution in [3.8, 4) is 0 Å². The summed E-state index contributed by atoms with van der Waals surface area (Å²) in [4.78, 5) is 13.1. The van der Waals surface area contributed by atoms with Crippen LogP contribution in [0, 0.1) is 15.5 Å². The first-order chi connectivity index (χ1) is 9.58. The first-order valence-corrected chi connectivity index (χ1v) is 7.32. The van der Waals surface area contributed by atoms with Crippen LogP contribution >= 0.6 is 24.0 Å². The van der Waals surface area contributed by atoms with Gasteiger partial charge in [-0.05, 0) is 43.5 Å². The summed E-state index contributed by atoms with van der Waals surface area (Å²) in [6, 6.07) is 4.80. The molecular formula is C14H19Cl2N3O2. The molecule has 1 atom stereocenters. The quantitative estimate of drug-likeness (QED) is 0.683. The molecule has 2 heterocycles. The van der Waals surface area contributed by atoms with Gasteiger partial charge < -0.3 is 5.32 Å². The highest BCUT2D eigenvalue weighted by atomic mass is 35.5. The van der Waals surface area contributed by atoms with E-state index in [9.17, 15) is 10.1 Å². The van der Waals surface area contributed by atoms with Gasteiger partial charge in [0, 0.05) is 36.3 Å². The lowest BCUT2D eigenvalue weighted by molar-refractivity contribution is -0.385. The average Bonchev–Trinajstić information content (AvgIpc) is 3.00.